The molecule has 17 heavy (non-hydrogen) atoms. The summed E-state index contributed by atoms with van der Waals surface area (Å²) in [7, 11) is 0. The second-order valence-electron chi connectivity index (χ2n) is 4.00. The third kappa shape index (κ3) is 2.20. The maximum Gasteiger partial charge on any atom is 0.326 e. The SMILES string of the molecule is Nc1cncc(C(=O)N2CCCC2C(=O)O)c1. The minimum absolute atomic E-state index is 0.324. The number of anilines is 1. The van der Waals surface area contributed by atoms with E-state index in [0.717, 1.165) is 0 Å². The molecule has 0 aliphatic carbocycles. The van der Waals surface area contributed by atoms with Crippen LogP contribution in [0.4, 0.5) is 5.69 Å². The Balaban J connectivity index is 2.23. The number of amides is 1. The first-order valence-corrected chi connectivity index (χ1v) is 5.34. The van der Waals surface area contributed by atoms with Gasteiger partial charge in [0.05, 0.1) is 11.3 Å². The monoisotopic (exact) mass is 235 g/mol. The highest BCUT2D eigenvalue weighted by Crippen LogP contribution is 2.20. The van der Waals surface area contributed by atoms with Crippen LogP contribution in [0.3, 0.4) is 0 Å². The molecule has 2 heterocycles. The number of carbonyl (C=O) groups is 2. The first kappa shape index (κ1) is 11.4. The first-order chi connectivity index (χ1) is 8.09. The fraction of sp³-hybridized carbons (Fsp3) is 0.364. The zero-order valence-corrected chi connectivity index (χ0v) is 9.17. The molecule has 1 fully saturated rings. The van der Waals surface area contributed by atoms with Gasteiger partial charge in [0.15, 0.2) is 0 Å². The van der Waals surface area contributed by atoms with Crippen molar-refractivity contribution < 1.29 is 14.7 Å². The van der Waals surface area contributed by atoms with E-state index in [1.807, 2.05) is 0 Å². The summed E-state index contributed by atoms with van der Waals surface area (Å²) in [4.78, 5) is 28.2. The average Bonchev–Trinajstić information content (AvgIpc) is 2.77. The van der Waals surface area contributed by atoms with E-state index in [1.54, 1.807) is 0 Å². The highest BCUT2D eigenvalue weighted by molar-refractivity contribution is 5.97. The van der Waals surface area contributed by atoms with Gasteiger partial charge >= 0.3 is 5.97 Å². The van der Waals surface area contributed by atoms with E-state index in [4.69, 9.17) is 10.8 Å². The number of aliphatic carboxylic acids is 1. The van der Waals surface area contributed by atoms with Gasteiger partial charge in [0.25, 0.3) is 5.91 Å². The Hall–Kier alpha value is -2.11. The van der Waals surface area contributed by atoms with Gasteiger partial charge in [0, 0.05) is 18.9 Å². The number of likely N-dealkylation sites (tertiary alicyclic amines) is 1. The van der Waals surface area contributed by atoms with Crippen molar-refractivity contribution in [2.24, 2.45) is 0 Å². The zero-order valence-electron chi connectivity index (χ0n) is 9.17. The van der Waals surface area contributed by atoms with Gasteiger partial charge in [-0.05, 0) is 18.9 Å². The average molecular weight is 235 g/mol. The second-order valence-corrected chi connectivity index (χ2v) is 4.00. The van der Waals surface area contributed by atoms with E-state index in [9.17, 15) is 9.59 Å². The molecule has 6 heteroatoms. The minimum atomic E-state index is -0.965. The fourth-order valence-corrected chi connectivity index (χ4v) is 2.01. The van der Waals surface area contributed by atoms with Gasteiger partial charge in [-0.3, -0.25) is 9.78 Å². The highest BCUT2D eigenvalue weighted by Gasteiger charge is 2.34. The predicted octanol–water partition coefficient (Wildman–Crippen LogP) is 0.353. The second kappa shape index (κ2) is 4.40. The summed E-state index contributed by atoms with van der Waals surface area (Å²) in [5.74, 6) is -1.29. The maximum atomic E-state index is 12.1. The number of carboxylic acid groups (broad SMARTS) is 1. The number of nitrogens with zero attached hydrogens (tertiary/aromatic N) is 2. The lowest BCUT2D eigenvalue weighted by Gasteiger charge is -2.21. The molecular weight excluding hydrogens is 222 g/mol. The Labute approximate surface area is 98.1 Å². The van der Waals surface area contributed by atoms with E-state index >= 15 is 0 Å². The van der Waals surface area contributed by atoms with Crippen LogP contribution in [0.15, 0.2) is 18.5 Å². The quantitative estimate of drug-likeness (QED) is 0.771. The number of hydrogen-bond acceptors (Lipinski definition) is 4. The van der Waals surface area contributed by atoms with E-state index in [2.05, 4.69) is 4.98 Å². The van der Waals surface area contributed by atoms with Crippen molar-refractivity contribution >= 4 is 17.6 Å². The van der Waals surface area contributed by atoms with Crippen LogP contribution in [0.25, 0.3) is 0 Å². The highest BCUT2D eigenvalue weighted by atomic mass is 16.4. The Bertz CT molecular complexity index is 461. The summed E-state index contributed by atoms with van der Waals surface area (Å²) in [5.41, 5.74) is 6.26. The molecule has 1 unspecified atom stereocenters. The van der Waals surface area contributed by atoms with Gasteiger partial charge in [-0.25, -0.2) is 4.79 Å². The number of nitrogens with two attached hydrogens (primary N) is 1. The van der Waals surface area contributed by atoms with Crippen molar-refractivity contribution in [2.75, 3.05) is 12.3 Å². The summed E-state index contributed by atoms with van der Waals surface area (Å²) in [6, 6.07) is 0.774. The minimum Gasteiger partial charge on any atom is -0.480 e. The van der Waals surface area contributed by atoms with Gasteiger partial charge in [0.1, 0.15) is 6.04 Å². The van der Waals surface area contributed by atoms with E-state index in [0.29, 0.717) is 30.6 Å². The Morgan fingerprint density at radius 3 is 2.88 bits per heavy atom. The molecule has 0 bridgehead atoms. The van der Waals surface area contributed by atoms with Crippen molar-refractivity contribution in [2.45, 2.75) is 18.9 Å². The molecule has 1 aromatic heterocycles. The molecular formula is C11H13N3O3. The summed E-state index contributed by atoms with van der Waals surface area (Å²) in [6.07, 6.45) is 4.04. The molecule has 2 rings (SSSR count). The van der Waals surface area contributed by atoms with Gasteiger partial charge in [-0.2, -0.15) is 0 Å². The number of aromatic nitrogens is 1. The van der Waals surface area contributed by atoms with Crippen LogP contribution in [0.2, 0.25) is 0 Å². The maximum absolute atomic E-state index is 12.1. The molecule has 1 amide bonds. The van der Waals surface area contributed by atoms with E-state index in [-0.39, 0.29) is 5.91 Å². The molecule has 0 aromatic carbocycles. The molecule has 1 atom stereocenters. The topological polar surface area (TPSA) is 96.5 Å². The Morgan fingerprint density at radius 2 is 2.24 bits per heavy atom. The third-order valence-corrected chi connectivity index (χ3v) is 2.81. The van der Waals surface area contributed by atoms with Gasteiger partial charge in [0.2, 0.25) is 0 Å². The van der Waals surface area contributed by atoms with Gasteiger partial charge in [-0.1, -0.05) is 0 Å². The van der Waals surface area contributed by atoms with Crippen LogP contribution in [0.1, 0.15) is 23.2 Å². The first-order valence-electron chi connectivity index (χ1n) is 5.34. The van der Waals surface area contributed by atoms with Crippen LogP contribution in [-0.4, -0.2) is 39.5 Å². The molecule has 1 aliphatic heterocycles. The smallest absolute Gasteiger partial charge is 0.326 e. The standard InChI is InChI=1S/C11H13N3O3/c12-8-4-7(5-13-6-8)10(15)14-3-1-2-9(14)11(16)17/h4-6,9H,1-3,12H2,(H,16,17). The van der Waals surface area contributed by atoms with Crippen LogP contribution in [0.5, 0.6) is 0 Å². The summed E-state index contributed by atoms with van der Waals surface area (Å²) < 4.78 is 0. The number of carbonyl (C=O) groups excluding carboxylic acids is 1. The lowest BCUT2D eigenvalue weighted by Crippen LogP contribution is -2.40. The van der Waals surface area contributed by atoms with Crippen LogP contribution in [0, 0.1) is 0 Å². The molecule has 0 spiro atoms. The van der Waals surface area contributed by atoms with Crippen molar-refractivity contribution in [1.82, 2.24) is 9.88 Å². The number of hydrogen-bond donors (Lipinski definition) is 2. The van der Waals surface area contributed by atoms with E-state index < -0.39 is 12.0 Å². The van der Waals surface area contributed by atoms with Crippen molar-refractivity contribution in [3.63, 3.8) is 0 Å². The third-order valence-electron chi connectivity index (χ3n) is 2.81. The van der Waals surface area contributed by atoms with Crippen LogP contribution in [-0.2, 0) is 4.79 Å². The summed E-state index contributed by atoms with van der Waals surface area (Å²) in [6.45, 7) is 0.463. The largest absolute Gasteiger partial charge is 0.480 e. The Morgan fingerprint density at radius 1 is 1.47 bits per heavy atom. The normalized spacial score (nSPS) is 19.3. The Kier molecular flexibility index (Phi) is 2.95. The fourth-order valence-electron chi connectivity index (χ4n) is 2.01. The molecule has 3 N–H and O–H groups in total. The molecule has 1 aromatic rings. The number of carboxylic acids is 1. The lowest BCUT2D eigenvalue weighted by molar-refractivity contribution is -0.141. The van der Waals surface area contributed by atoms with Crippen LogP contribution >= 0.6 is 0 Å². The molecule has 0 radical (unpaired) electrons. The summed E-state index contributed by atoms with van der Waals surface area (Å²) >= 11 is 0. The van der Waals surface area contributed by atoms with Crippen molar-refractivity contribution in [3.05, 3.63) is 24.0 Å². The van der Waals surface area contributed by atoms with Gasteiger partial charge in [-0.15, -0.1) is 0 Å². The molecule has 1 aliphatic rings. The van der Waals surface area contributed by atoms with Crippen LogP contribution < -0.4 is 5.73 Å². The van der Waals surface area contributed by atoms with E-state index in [1.165, 1.54) is 23.4 Å². The molecule has 90 valence electrons. The molecule has 6 nitrogen and oxygen atoms in total. The summed E-state index contributed by atoms with van der Waals surface area (Å²) in [5, 5.41) is 9.00. The predicted molar refractivity (Wildman–Crippen MR) is 60.3 cm³/mol. The molecule has 1 saturated heterocycles. The molecule has 0 saturated carbocycles. The van der Waals surface area contributed by atoms with Gasteiger partial charge < -0.3 is 15.7 Å². The number of rotatable bonds is 2. The lowest BCUT2D eigenvalue weighted by atomic mass is 10.2. The van der Waals surface area contributed by atoms with Crippen molar-refractivity contribution in [3.8, 4) is 0 Å². The number of pyridine rings is 1. The number of nitrogen functional groups attached to an aromatic ring is 1. The van der Waals surface area contributed by atoms with Crippen molar-refractivity contribution in [1.29, 1.82) is 0 Å². The zero-order chi connectivity index (χ0) is 12.4.